The number of carboxylic acid groups (broad SMARTS) is 1. The van der Waals surface area contributed by atoms with Crippen LogP contribution in [0.3, 0.4) is 0 Å². The van der Waals surface area contributed by atoms with Crippen LogP contribution in [0.4, 0.5) is 0 Å². The zero-order valence-electron chi connectivity index (χ0n) is 15.8. The van der Waals surface area contributed by atoms with E-state index in [1.54, 1.807) is 12.1 Å². The number of hydrogen-bond acceptors (Lipinski definition) is 6. The standard InChI is InChI=1S/C21H26N2O4S/c24-20(25)18-10-9-17(28-18)15-22-19(16-7-3-1-4-8-16)21(26)27-14-13-23-11-5-2-6-12-23/h1,3-4,7-10,19,22H,2,5-6,11-15H2,(H,24,25). The Bertz CT molecular complexity index is 772. The molecule has 0 saturated carbocycles. The predicted molar refractivity (Wildman–Crippen MR) is 109 cm³/mol. The first-order chi connectivity index (χ1) is 13.6. The summed E-state index contributed by atoms with van der Waals surface area (Å²) in [6, 6.07) is 12.2. The van der Waals surface area contributed by atoms with Crippen LogP contribution in [0.15, 0.2) is 42.5 Å². The van der Waals surface area contributed by atoms with E-state index in [1.807, 2.05) is 30.3 Å². The third-order valence-electron chi connectivity index (χ3n) is 4.82. The van der Waals surface area contributed by atoms with Crippen molar-refractivity contribution in [2.24, 2.45) is 0 Å². The lowest BCUT2D eigenvalue weighted by Crippen LogP contribution is -2.35. The van der Waals surface area contributed by atoms with Crippen LogP contribution in [0, 0.1) is 0 Å². The smallest absolute Gasteiger partial charge is 0.345 e. The maximum absolute atomic E-state index is 12.7. The number of esters is 1. The summed E-state index contributed by atoms with van der Waals surface area (Å²) in [4.78, 5) is 27.3. The van der Waals surface area contributed by atoms with Gasteiger partial charge >= 0.3 is 11.9 Å². The minimum Gasteiger partial charge on any atom is -0.477 e. The predicted octanol–water partition coefficient (Wildman–Crippen LogP) is 3.31. The molecule has 1 fully saturated rings. The first-order valence-corrected chi connectivity index (χ1v) is 10.4. The van der Waals surface area contributed by atoms with Crippen molar-refractivity contribution in [2.45, 2.75) is 31.8 Å². The van der Waals surface area contributed by atoms with Crippen LogP contribution >= 0.6 is 11.3 Å². The van der Waals surface area contributed by atoms with Crippen LogP contribution in [0.1, 0.15) is 45.4 Å². The molecular weight excluding hydrogens is 376 g/mol. The molecule has 28 heavy (non-hydrogen) atoms. The second-order valence-corrected chi connectivity index (χ2v) is 8.03. The minimum atomic E-state index is -0.937. The number of likely N-dealkylation sites (tertiary alicyclic amines) is 1. The summed E-state index contributed by atoms with van der Waals surface area (Å²) in [5, 5.41) is 12.3. The number of nitrogens with one attached hydrogen (secondary N) is 1. The molecule has 1 unspecified atom stereocenters. The lowest BCUT2D eigenvalue weighted by atomic mass is 10.1. The number of nitrogens with zero attached hydrogens (tertiary/aromatic N) is 1. The van der Waals surface area contributed by atoms with Gasteiger partial charge in [-0.05, 0) is 43.6 Å². The number of hydrogen-bond donors (Lipinski definition) is 2. The molecule has 2 aromatic rings. The summed E-state index contributed by atoms with van der Waals surface area (Å²) in [7, 11) is 0. The SMILES string of the molecule is O=C(O)c1ccc(CNC(C(=O)OCCN2CCCCC2)c2ccccc2)s1. The Hall–Kier alpha value is -2.22. The number of thiophene rings is 1. The summed E-state index contributed by atoms with van der Waals surface area (Å²) in [5.74, 6) is -1.24. The highest BCUT2D eigenvalue weighted by Crippen LogP contribution is 2.20. The van der Waals surface area contributed by atoms with Crippen LogP contribution in [-0.2, 0) is 16.1 Å². The zero-order chi connectivity index (χ0) is 19.8. The Balaban J connectivity index is 1.58. The Morgan fingerprint density at radius 3 is 2.54 bits per heavy atom. The lowest BCUT2D eigenvalue weighted by Gasteiger charge is -2.26. The van der Waals surface area contributed by atoms with Gasteiger partial charge in [0.25, 0.3) is 0 Å². The second kappa shape index (κ2) is 10.4. The molecule has 2 N–H and O–H groups in total. The van der Waals surface area contributed by atoms with Crippen molar-refractivity contribution in [3.05, 3.63) is 57.8 Å². The van der Waals surface area contributed by atoms with E-state index < -0.39 is 12.0 Å². The van der Waals surface area contributed by atoms with Crippen LogP contribution in [0.25, 0.3) is 0 Å². The highest BCUT2D eigenvalue weighted by molar-refractivity contribution is 7.13. The maximum Gasteiger partial charge on any atom is 0.345 e. The molecule has 1 atom stereocenters. The number of carbonyl (C=O) groups excluding carboxylic acids is 1. The first kappa shape index (κ1) is 20.5. The summed E-state index contributed by atoms with van der Waals surface area (Å²) < 4.78 is 5.56. The van der Waals surface area contributed by atoms with Gasteiger partial charge in [0.15, 0.2) is 0 Å². The van der Waals surface area contributed by atoms with E-state index >= 15 is 0 Å². The number of carboxylic acids is 1. The second-order valence-electron chi connectivity index (χ2n) is 6.87. The van der Waals surface area contributed by atoms with Gasteiger partial charge < -0.3 is 9.84 Å². The minimum absolute atomic E-state index is 0.289. The van der Waals surface area contributed by atoms with Gasteiger partial charge in [0.1, 0.15) is 17.5 Å². The van der Waals surface area contributed by atoms with Crippen molar-refractivity contribution >= 4 is 23.3 Å². The van der Waals surface area contributed by atoms with Gasteiger partial charge in [-0.15, -0.1) is 11.3 Å². The van der Waals surface area contributed by atoms with Crippen LogP contribution in [0.2, 0.25) is 0 Å². The fourth-order valence-corrected chi connectivity index (χ4v) is 4.11. The molecule has 0 spiro atoms. The zero-order valence-corrected chi connectivity index (χ0v) is 16.6. The fourth-order valence-electron chi connectivity index (χ4n) is 3.31. The molecular formula is C21H26N2O4S. The summed E-state index contributed by atoms with van der Waals surface area (Å²) >= 11 is 1.21. The van der Waals surface area contributed by atoms with E-state index in [-0.39, 0.29) is 10.8 Å². The highest BCUT2D eigenvalue weighted by atomic mass is 32.1. The average Bonchev–Trinajstić information content (AvgIpc) is 3.19. The number of aromatic carboxylic acids is 1. The molecule has 0 bridgehead atoms. The van der Waals surface area contributed by atoms with Crippen molar-refractivity contribution < 1.29 is 19.4 Å². The van der Waals surface area contributed by atoms with Crippen molar-refractivity contribution in [2.75, 3.05) is 26.2 Å². The maximum atomic E-state index is 12.7. The molecule has 1 aliphatic heterocycles. The third kappa shape index (κ3) is 5.89. The molecule has 150 valence electrons. The van der Waals surface area contributed by atoms with E-state index in [2.05, 4.69) is 10.2 Å². The van der Waals surface area contributed by atoms with Gasteiger partial charge in [-0.25, -0.2) is 9.59 Å². The van der Waals surface area contributed by atoms with Crippen molar-refractivity contribution in [1.29, 1.82) is 0 Å². The fraction of sp³-hybridized carbons (Fsp3) is 0.429. The van der Waals surface area contributed by atoms with E-state index in [0.29, 0.717) is 13.2 Å². The highest BCUT2D eigenvalue weighted by Gasteiger charge is 2.22. The molecule has 1 saturated heterocycles. The van der Waals surface area contributed by atoms with Gasteiger partial charge in [0.2, 0.25) is 0 Å². The van der Waals surface area contributed by atoms with Crippen LogP contribution in [-0.4, -0.2) is 48.2 Å². The van der Waals surface area contributed by atoms with Crippen molar-refractivity contribution in [3.63, 3.8) is 0 Å². The molecule has 1 aliphatic rings. The van der Waals surface area contributed by atoms with Crippen LogP contribution < -0.4 is 5.32 Å². The van der Waals surface area contributed by atoms with Gasteiger partial charge in [-0.2, -0.15) is 0 Å². The normalized spacial score (nSPS) is 15.9. The summed E-state index contributed by atoms with van der Waals surface area (Å²) in [6.45, 7) is 3.69. The molecule has 2 heterocycles. The molecule has 1 aromatic carbocycles. The average molecular weight is 403 g/mol. The number of piperidine rings is 1. The molecule has 1 aromatic heterocycles. The molecule has 3 rings (SSSR count). The summed E-state index contributed by atoms with van der Waals surface area (Å²) in [5.41, 5.74) is 0.834. The van der Waals surface area contributed by atoms with E-state index in [9.17, 15) is 9.59 Å². The Labute approximate surface area is 169 Å². The number of carbonyl (C=O) groups is 2. The largest absolute Gasteiger partial charge is 0.477 e. The Kier molecular flexibility index (Phi) is 7.59. The molecule has 0 aliphatic carbocycles. The van der Waals surface area contributed by atoms with Crippen LogP contribution in [0.5, 0.6) is 0 Å². The third-order valence-corrected chi connectivity index (χ3v) is 5.90. The first-order valence-electron chi connectivity index (χ1n) is 9.63. The van der Waals surface area contributed by atoms with E-state index in [1.165, 1.54) is 30.6 Å². The van der Waals surface area contributed by atoms with E-state index in [4.69, 9.17) is 9.84 Å². The van der Waals surface area contributed by atoms with Gasteiger partial charge in [0, 0.05) is 18.0 Å². The monoisotopic (exact) mass is 402 g/mol. The Morgan fingerprint density at radius 2 is 1.86 bits per heavy atom. The number of ether oxygens (including phenoxy) is 1. The van der Waals surface area contributed by atoms with Crippen molar-refractivity contribution in [1.82, 2.24) is 10.2 Å². The van der Waals surface area contributed by atoms with Gasteiger partial charge in [-0.1, -0.05) is 36.8 Å². The van der Waals surface area contributed by atoms with Gasteiger partial charge in [0.05, 0.1) is 0 Å². The molecule has 7 heteroatoms. The molecule has 6 nitrogen and oxygen atoms in total. The summed E-state index contributed by atoms with van der Waals surface area (Å²) in [6.07, 6.45) is 3.70. The number of benzene rings is 1. The van der Waals surface area contributed by atoms with Crippen molar-refractivity contribution in [3.8, 4) is 0 Å². The Morgan fingerprint density at radius 1 is 1.11 bits per heavy atom. The molecule has 0 radical (unpaired) electrons. The van der Waals surface area contributed by atoms with E-state index in [0.717, 1.165) is 30.1 Å². The molecule has 0 amide bonds. The van der Waals surface area contributed by atoms with Gasteiger partial charge in [-0.3, -0.25) is 10.2 Å². The quantitative estimate of drug-likeness (QED) is 0.627. The number of rotatable bonds is 9. The topological polar surface area (TPSA) is 78.9 Å². The lowest BCUT2D eigenvalue weighted by molar-refractivity contribution is -0.147.